The van der Waals surface area contributed by atoms with Gasteiger partial charge in [-0.25, -0.2) is 0 Å². The molecule has 130 valence electrons. The van der Waals surface area contributed by atoms with E-state index in [9.17, 15) is 9.59 Å². The molecule has 3 rings (SSSR count). The molecule has 1 aliphatic carbocycles. The maximum absolute atomic E-state index is 12.5. The molecule has 1 atom stereocenters. The lowest BCUT2D eigenvalue weighted by Crippen LogP contribution is -2.44. The van der Waals surface area contributed by atoms with E-state index in [1.165, 1.54) is 0 Å². The number of nitrogens with one attached hydrogen (secondary N) is 1. The predicted molar refractivity (Wildman–Crippen MR) is 87.2 cm³/mol. The third-order valence-electron chi connectivity index (χ3n) is 4.97. The molecule has 1 aromatic carbocycles. The van der Waals surface area contributed by atoms with Crippen LogP contribution >= 0.6 is 0 Å². The van der Waals surface area contributed by atoms with Gasteiger partial charge in [-0.15, -0.1) is 0 Å². The van der Waals surface area contributed by atoms with Gasteiger partial charge in [0.25, 0.3) is 0 Å². The van der Waals surface area contributed by atoms with E-state index in [-0.39, 0.29) is 23.8 Å². The number of rotatable bonds is 4. The van der Waals surface area contributed by atoms with Crippen LogP contribution in [0.25, 0.3) is 0 Å². The highest BCUT2D eigenvalue weighted by Gasteiger charge is 2.30. The quantitative estimate of drug-likeness (QED) is 0.880. The van der Waals surface area contributed by atoms with Gasteiger partial charge < -0.3 is 19.9 Å². The molecule has 1 heterocycles. The Balaban J connectivity index is 1.55. The average molecular weight is 333 g/mol. The molecule has 0 radical (unpaired) electrons. The number of carbonyl (C=O) groups excluding carboxylic acids is 1. The van der Waals surface area contributed by atoms with Crippen LogP contribution < -0.4 is 14.8 Å². The van der Waals surface area contributed by atoms with Crippen LogP contribution in [-0.2, 0) is 16.0 Å². The van der Waals surface area contributed by atoms with Gasteiger partial charge in [0, 0.05) is 6.04 Å². The third kappa shape index (κ3) is 3.63. The summed E-state index contributed by atoms with van der Waals surface area (Å²) in [5.41, 5.74) is 0.982. The summed E-state index contributed by atoms with van der Waals surface area (Å²) in [5.74, 6) is 0.331. The van der Waals surface area contributed by atoms with Crippen molar-refractivity contribution in [2.75, 3.05) is 13.7 Å². The minimum absolute atomic E-state index is 0.0118. The summed E-state index contributed by atoms with van der Waals surface area (Å²) in [6.07, 6.45) is 3.33. The van der Waals surface area contributed by atoms with Crippen molar-refractivity contribution in [1.29, 1.82) is 0 Å². The molecule has 6 nitrogen and oxygen atoms in total. The minimum atomic E-state index is -0.731. The second-order valence-corrected chi connectivity index (χ2v) is 6.58. The number of fused-ring (bicyclic) bond motifs is 1. The highest BCUT2D eigenvalue weighted by molar-refractivity contribution is 5.80. The summed E-state index contributed by atoms with van der Waals surface area (Å²) in [5, 5.41) is 12.1. The summed E-state index contributed by atoms with van der Waals surface area (Å²) in [6, 6.07) is 5.70. The van der Waals surface area contributed by atoms with Gasteiger partial charge in [0.2, 0.25) is 5.91 Å². The number of carbonyl (C=O) groups is 2. The number of ether oxygens (including phenoxy) is 2. The summed E-state index contributed by atoms with van der Waals surface area (Å²) < 4.78 is 10.9. The second-order valence-electron chi connectivity index (χ2n) is 6.58. The van der Waals surface area contributed by atoms with Crippen LogP contribution in [0.15, 0.2) is 18.2 Å². The molecule has 24 heavy (non-hydrogen) atoms. The van der Waals surface area contributed by atoms with Gasteiger partial charge in [-0.2, -0.15) is 0 Å². The topological polar surface area (TPSA) is 84.9 Å². The Morgan fingerprint density at radius 2 is 1.96 bits per heavy atom. The Kier molecular flexibility index (Phi) is 4.92. The number of benzene rings is 1. The summed E-state index contributed by atoms with van der Waals surface area (Å²) in [4.78, 5) is 23.5. The summed E-state index contributed by atoms with van der Waals surface area (Å²) in [7, 11) is 1.61. The molecular weight excluding hydrogens is 310 g/mol. The van der Waals surface area contributed by atoms with E-state index in [1.807, 2.05) is 18.2 Å². The van der Waals surface area contributed by atoms with Crippen molar-refractivity contribution < 1.29 is 24.2 Å². The lowest BCUT2D eigenvalue weighted by molar-refractivity contribution is -0.142. The normalized spacial score (nSPS) is 26.0. The fourth-order valence-corrected chi connectivity index (χ4v) is 3.47. The fourth-order valence-electron chi connectivity index (χ4n) is 3.47. The average Bonchev–Trinajstić information content (AvgIpc) is 2.61. The van der Waals surface area contributed by atoms with Crippen LogP contribution in [0.3, 0.4) is 0 Å². The number of carboxylic acid groups (broad SMARTS) is 1. The largest absolute Gasteiger partial charge is 0.497 e. The number of methoxy groups -OCH3 is 1. The van der Waals surface area contributed by atoms with Crippen molar-refractivity contribution in [2.24, 2.45) is 11.8 Å². The molecule has 2 aliphatic rings. The zero-order valence-corrected chi connectivity index (χ0v) is 13.8. The van der Waals surface area contributed by atoms with Crippen LogP contribution in [-0.4, -0.2) is 36.7 Å². The first-order valence-electron chi connectivity index (χ1n) is 8.39. The number of amides is 1. The van der Waals surface area contributed by atoms with Gasteiger partial charge in [-0.1, -0.05) is 0 Å². The maximum atomic E-state index is 12.5. The van der Waals surface area contributed by atoms with Gasteiger partial charge >= 0.3 is 5.97 Å². The maximum Gasteiger partial charge on any atom is 0.306 e. The molecule has 1 aromatic rings. The van der Waals surface area contributed by atoms with Crippen LogP contribution in [0.5, 0.6) is 11.5 Å². The van der Waals surface area contributed by atoms with Crippen LogP contribution in [0.1, 0.15) is 31.2 Å². The number of aliphatic carboxylic acids is 1. The predicted octanol–water partition coefficient (Wildman–Crippen LogP) is 2.01. The van der Waals surface area contributed by atoms with Crippen molar-refractivity contribution in [3.05, 3.63) is 23.8 Å². The minimum Gasteiger partial charge on any atom is -0.497 e. The Labute approximate surface area is 141 Å². The molecule has 1 fully saturated rings. The summed E-state index contributed by atoms with van der Waals surface area (Å²) in [6.45, 7) is 0.371. The van der Waals surface area contributed by atoms with E-state index in [1.54, 1.807) is 7.11 Å². The smallest absolute Gasteiger partial charge is 0.306 e. The van der Waals surface area contributed by atoms with Crippen molar-refractivity contribution in [1.82, 2.24) is 5.32 Å². The first kappa shape index (κ1) is 16.6. The Morgan fingerprint density at radius 3 is 2.62 bits per heavy atom. The molecular formula is C18H23NO5. The van der Waals surface area contributed by atoms with Gasteiger partial charge in [0.05, 0.1) is 18.9 Å². The first-order valence-corrected chi connectivity index (χ1v) is 8.39. The van der Waals surface area contributed by atoms with E-state index >= 15 is 0 Å². The third-order valence-corrected chi connectivity index (χ3v) is 4.97. The SMILES string of the molecule is COc1ccc2c(c1)CC(C(=O)NC1CCC(C(=O)O)CC1)CO2. The fraction of sp³-hybridized carbons (Fsp3) is 0.556. The van der Waals surface area contributed by atoms with Crippen LogP contribution in [0, 0.1) is 11.8 Å². The van der Waals surface area contributed by atoms with Gasteiger partial charge in [0.1, 0.15) is 18.1 Å². The molecule has 1 aliphatic heterocycles. The Bertz CT molecular complexity index is 622. The molecule has 1 saturated carbocycles. The van der Waals surface area contributed by atoms with Crippen molar-refractivity contribution >= 4 is 11.9 Å². The molecule has 0 saturated heterocycles. The van der Waals surface area contributed by atoms with Gasteiger partial charge in [-0.3, -0.25) is 9.59 Å². The van der Waals surface area contributed by atoms with E-state index in [2.05, 4.69) is 5.32 Å². The molecule has 0 spiro atoms. The van der Waals surface area contributed by atoms with E-state index in [4.69, 9.17) is 14.6 Å². The van der Waals surface area contributed by atoms with E-state index in [0.29, 0.717) is 25.9 Å². The van der Waals surface area contributed by atoms with Crippen molar-refractivity contribution in [2.45, 2.75) is 38.1 Å². The zero-order chi connectivity index (χ0) is 17.1. The van der Waals surface area contributed by atoms with E-state index in [0.717, 1.165) is 29.9 Å². The highest BCUT2D eigenvalue weighted by Crippen LogP contribution is 2.31. The van der Waals surface area contributed by atoms with Crippen LogP contribution in [0.2, 0.25) is 0 Å². The first-order chi connectivity index (χ1) is 11.6. The zero-order valence-electron chi connectivity index (χ0n) is 13.8. The molecule has 6 heteroatoms. The monoisotopic (exact) mass is 333 g/mol. The Morgan fingerprint density at radius 1 is 1.21 bits per heavy atom. The number of hydrogen-bond donors (Lipinski definition) is 2. The molecule has 0 aromatic heterocycles. The van der Waals surface area contributed by atoms with Crippen LogP contribution in [0.4, 0.5) is 0 Å². The van der Waals surface area contributed by atoms with Crippen molar-refractivity contribution in [3.63, 3.8) is 0 Å². The molecule has 1 unspecified atom stereocenters. The standard InChI is InChI=1S/C18H23NO5/c1-23-15-6-7-16-12(9-15)8-13(10-24-16)17(20)19-14-4-2-11(3-5-14)18(21)22/h6-7,9,11,13-14H,2-5,8,10H2,1H3,(H,19,20)(H,21,22). The second kappa shape index (κ2) is 7.11. The van der Waals surface area contributed by atoms with Crippen molar-refractivity contribution in [3.8, 4) is 11.5 Å². The lowest BCUT2D eigenvalue weighted by Gasteiger charge is -2.30. The molecule has 2 N–H and O–H groups in total. The molecule has 0 bridgehead atoms. The van der Waals surface area contributed by atoms with Gasteiger partial charge in [0.15, 0.2) is 0 Å². The Hall–Kier alpha value is -2.24. The number of hydrogen-bond acceptors (Lipinski definition) is 4. The number of carboxylic acids is 1. The lowest BCUT2D eigenvalue weighted by atomic mass is 9.85. The highest BCUT2D eigenvalue weighted by atomic mass is 16.5. The van der Waals surface area contributed by atoms with E-state index < -0.39 is 5.97 Å². The molecule has 1 amide bonds. The van der Waals surface area contributed by atoms with Gasteiger partial charge in [-0.05, 0) is 55.9 Å². The summed E-state index contributed by atoms with van der Waals surface area (Å²) >= 11 is 0.